The molecular weight excluding hydrogens is 443 g/mol. The molecule has 1 N–H and O–H groups in total. The van der Waals surface area contributed by atoms with Crippen molar-refractivity contribution < 1.29 is 4.79 Å². The van der Waals surface area contributed by atoms with Gasteiger partial charge in [-0.3, -0.25) is 4.79 Å². The summed E-state index contributed by atoms with van der Waals surface area (Å²) in [6.45, 7) is 3.36. The summed E-state index contributed by atoms with van der Waals surface area (Å²) in [5.41, 5.74) is 3.15. The second kappa shape index (κ2) is 7.97. The average Bonchev–Trinajstić information content (AvgIpc) is 3.04. The van der Waals surface area contributed by atoms with Crippen molar-refractivity contribution in [2.24, 2.45) is 5.41 Å². The van der Waals surface area contributed by atoms with Crippen LogP contribution in [0.4, 0.5) is 0 Å². The van der Waals surface area contributed by atoms with Crippen LogP contribution in [0.25, 0.3) is 11.1 Å². The summed E-state index contributed by atoms with van der Waals surface area (Å²) in [7, 11) is 0. The van der Waals surface area contributed by atoms with Crippen LogP contribution in [0.2, 0.25) is 10.0 Å². The zero-order chi connectivity index (χ0) is 22.5. The molecule has 1 atom stereocenters. The normalized spacial score (nSPS) is 19.1. The lowest BCUT2D eigenvalue weighted by Crippen LogP contribution is -2.43. The third-order valence-electron chi connectivity index (χ3n) is 6.71. The number of carbonyl (C=O) groups is 1. The lowest BCUT2D eigenvalue weighted by Gasteiger charge is -2.37. The van der Waals surface area contributed by atoms with Gasteiger partial charge in [-0.05, 0) is 44.5 Å². The summed E-state index contributed by atoms with van der Waals surface area (Å²) in [5.74, 6) is 0.380. The summed E-state index contributed by atoms with van der Waals surface area (Å²) in [4.78, 5) is 23.2. The first kappa shape index (κ1) is 21.1. The van der Waals surface area contributed by atoms with E-state index in [1.54, 1.807) is 12.1 Å². The lowest BCUT2D eigenvalue weighted by atomic mass is 9.68. The van der Waals surface area contributed by atoms with E-state index in [9.17, 15) is 10.1 Å². The van der Waals surface area contributed by atoms with Crippen molar-refractivity contribution in [1.82, 2.24) is 15.3 Å². The number of carbonyl (C=O) groups excluding carboxylic acids is 1. The summed E-state index contributed by atoms with van der Waals surface area (Å²) < 4.78 is 0. The molecular formula is C25H20Cl2N4O. The number of hydrogen-bond donors (Lipinski definition) is 1. The molecule has 2 aromatic carbocycles. The highest BCUT2D eigenvalue weighted by Gasteiger charge is 2.54. The van der Waals surface area contributed by atoms with Gasteiger partial charge in [0.15, 0.2) is 11.5 Å². The molecule has 1 aliphatic heterocycles. The molecule has 160 valence electrons. The van der Waals surface area contributed by atoms with Gasteiger partial charge in [-0.25, -0.2) is 9.97 Å². The van der Waals surface area contributed by atoms with E-state index in [-0.39, 0.29) is 17.4 Å². The van der Waals surface area contributed by atoms with Crippen LogP contribution < -0.4 is 5.32 Å². The Balaban J connectivity index is 1.73. The summed E-state index contributed by atoms with van der Waals surface area (Å²) in [5, 5.41) is 14.1. The number of halogens is 2. The van der Waals surface area contributed by atoms with Gasteiger partial charge in [0.1, 0.15) is 11.9 Å². The van der Waals surface area contributed by atoms with Crippen LogP contribution in [-0.4, -0.2) is 28.8 Å². The second-order valence-corrected chi connectivity index (χ2v) is 9.14. The SMILES string of the molecule is Cc1nc(C2c3ccccc3C(=O)C23CCNCC3)nc(C#N)c1-c1cccc(Cl)c1Cl. The summed E-state index contributed by atoms with van der Waals surface area (Å²) >= 11 is 12.7. The average molecular weight is 463 g/mol. The maximum Gasteiger partial charge on any atom is 0.170 e. The largest absolute Gasteiger partial charge is 0.317 e. The third-order valence-corrected chi connectivity index (χ3v) is 7.53. The van der Waals surface area contributed by atoms with Crippen LogP contribution in [0.5, 0.6) is 0 Å². The van der Waals surface area contributed by atoms with Crippen molar-refractivity contribution in [3.05, 3.63) is 80.8 Å². The van der Waals surface area contributed by atoms with Gasteiger partial charge < -0.3 is 5.32 Å². The number of fused-ring (bicyclic) bond motifs is 1. The third kappa shape index (κ3) is 3.06. The van der Waals surface area contributed by atoms with Crippen LogP contribution in [0.3, 0.4) is 0 Å². The molecule has 32 heavy (non-hydrogen) atoms. The van der Waals surface area contributed by atoms with E-state index in [1.165, 1.54) is 0 Å². The van der Waals surface area contributed by atoms with Crippen LogP contribution in [-0.2, 0) is 0 Å². The molecule has 5 nitrogen and oxygen atoms in total. The Morgan fingerprint density at radius 3 is 2.53 bits per heavy atom. The zero-order valence-electron chi connectivity index (χ0n) is 17.5. The first-order valence-corrected chi connectivity index (χ1v) is 11.3. The number of nitriles is 1. The quantitative estimate of drug-likeness (QED) is 0.556. The molecule has 1 saturated heterocycles. The fourth-order valence-corrected chi connectivity index (χ4v) is 5.65. The number of benzene rings is 2. The predicted octanol–water partition coefficient (Wildman–Crippen LogP) is 5.33. The molecule has 5 rings (SSSR count). The van der Waals surface area contributed by atoms with E-state index >= 15 is 0 Å². The highest BCUT2D eigenvalue weighted by Crippen LogP contribution is 2.54. The molecule has 1 aliphatic carbocycles. The Morgan fingerprint density at radius 2 is 1.78 bits per heavy atom. The van der Waals surface area contributed by atoms with Gasteiger partial charge in [0, 0.05) is 16.7 Å². The van der Waals surface area contributed by atoms with E-state index in [1.807, 2.05) is 37.3 Å². The van der Waals surface area contributed by atoms with Gasteiger partial charge in [0.05, 0.1) is 27.1 Å². The van der Waals surface area contributed by atoms with Gasteiger partial charge in [-0.2, -0.15) is 5.26 Å². The van der Waals surface area contributed by atoms with Crippen LogP contribution in [0.1, 0.15) is 51.9 Å². The standard InChI is InChI=1S/C25H20Cl2N4O/c1-14-20(17-7-4-8-18(26)22(17)27)19(13-28)31-24(30-14)21-15-5-2-3-6-16(15)23(32)25(21)9-11-29-12-10-25/h2-8,21,29H,9-12H2,1H3. The first-order valence-electron chi connectivity index (χ1n) is 10.6. The molecule has 1 unspecified atom stereocenters. The molecule has 0 radical (unpaired) electrons. The Morgan fingerprint density at radius 1 is 1.06 bits per heavy atom. The molecule has 0 amide bonds. The monoisotopic (exact) mass is 462 g/mol. The second-order valence-electron chi connectivity index (χ2n) is 8.36. The maximum absolute atomic E-state index is 13.6. The maximum atomic E-state index is 13.6. The number of rotatable bonds is 2. The van der Waals surface area contributed by atoms with Crippen LogP contribution in [0.15, 0.2) is 42.5 Å². The molecule has 2 heterocycles. The predicted molar refractivity (Wildman–Crippen MR) is 124 cm³/mol. The van der Waals surface area contributed by atoms with Gasteiger partial charge in [0.2, 0.25) is 0 Å². The van der Waals surface area contributed by atoms with E-state index in [0.717, 1.165) is 24.2 Å². The van der Waals surface area contributed by atoms with Crippen molar-refractivity contribution in [2.75, 3.05) is 13.1 Å². The minimum atomic E-state index is -0.594. The number of ketones is 1. The first-order chi connectivity index (χ1) is 15.5. The molecule has 1 fully saturated rings. The van der Waals surface area contributed by atoms with Gasteiger partial charge >= 0.3 is 0 Å². The molecule has 3 aromatic rings. The zero-order valence-corrected chi connectivity index (χ0v) is 19.0. The fourth-order valence-electron chi connectivity index (χ4n) is 5.25. The molecule has 1 aromatic heterocycles. The lowest BCUT2D eigenvalue weighted by molar-refractivity contribution is 0.0726. The molecule has 2 aliphatic rings. The van der Waals surface area contributed by atoms with Crippen LogP contribution in [0, 0.1) is 23.7 Å². The Labute approximate surface area is 196 Å². The highest BCUT2D eigenvalue weighted by molar-refractivity contribution is 6.43. The van der Waals surface area contributed by atoms with E-state index in [4.69, 9.17) is 33.2 Å². The van der Waals surface area contributed by atoms with E-state index in [2.05, 4.69) is 11.4 Å². The number of nitrogens with zero attached hydrogens (tertiary/aromatic N) is 3. The summed E-state index contributed by atoms with van der Waals surface area (Å²) in [6.07, 6.45) is 1.41. The van der Waals surface area contributed by atoms with Crippen molar-refractivity contribution in [1.29, 1.82) is 5.26 Å². The molecule has 1 spiro atoms. The molecule has 0 bridgehead atoms. The van der Waals surface area contributed by atoms with E-state index < -0.39 is 5.41 Å². The fraction of sp³-hybridized carbons (Fsp3) is 0.280. The van der Waals surface area contributed by atoms with Gasteiger partial charge in [0.25, 0.3) is 0 Å². The molecule has 7 heteroatoms. The molecule has 0 saturated carbocycles. The van der Waals surface area contributed by atoms with Crippen molar-refractivity contribution >= 4 is 29.0 Å². The smallest absolute Gasteiger partial charge is 0.170 e. The Kier molecular flexibility index (Phi) is 5.25. The minimum Gasteiger partial charge on any atom is -0.317 e. The van der Waals surface area contributed by atoms with E-state index in [0.29, 0.717) is 45.5 Å². The highest BCUT2D eigenvalue weighted by atomic mass is 35.5. The number of piperidine rings is 1. The van der Waals surface area contributed by atoms with Gasteiger partial charge in [-0.15, -0.1) is 0 Å². The van der Waals surface area contributed by atoms with Crippen molar-refractivity contribution in [3.8, 4) is 17.2 Å². The number of nitrogens with one attached hydrogen (secondary N) is 1. The van der Waals surface area contributed by atoms with Crippen molar-refractivity contribution in [2.45, 2.75) is 25.7 Å². The minimum absolute atomic E-state index is 0.154. The number of aromatic nitrogens is 2. The summed E-state index contributed by atoms with van der Waals surface area (Å²) in [6, 6.07) is 15.2. The Bertz CT molecular complexity index is 1290. The van der Waals surface area contributed by atoms with Crippen molar-refractivity contribution in [3.63, 3.8) is 0 Å². The van der Waals surface area contributed by atoms with Crippen LogP contribution >= 0.6 is 23.2 Å². The van der Waals surface area contributed by atoms with Gasteiger partial charge in [-0.1, -0.05) is 59.6 Å². The number of Topliss-reactive ketones (excluding diaryl/α,β-unsaturated/α-hetero) is 1. The number of hydrogen-bond acceptors (Lipinski definition) is 5. The number of aryl methyl sites for hydroxylation is 1. The topological polar surface area (TPSA) is 78.7 Å². The Hall–Kier alpha value is -2.78.